The molecule has 1 aromatic rings. The third kappa shape index (κ3) is 2.79. The number of methoxy groups -OCH3 is 1. The Kier molecular flexibility index (Phi) is 4.38. The first kappa shape index (κ1) is 14.8. The molecule has 0 radical (unpaired) electrons. The molecule has 0 atom stereocenters. The summed E-state index contributed by atoms with van der Waals surface area (Å²) in [4.78, 5) is 26.0. The lowest BCUT2D eigenvalue weighted by atomic mass is 10.0. The minimum absolute atomic E-state index is 0.211. The number of carbonyl (C=O) groups is 2. The van der Waals surface area contributed by atoms with Gasteiger partial charge in [0.05, 0.1) is 18.3 Å². The van der Waals surface area contributed by atoms with Crippen LogP contribution in [0, 0.1) is 0 Å². The molecule has 0 fully saturated rings. The van der Waals surface area contributed by atoms with Gasteiger partial charge in [0.1, 0.15) is 0 Å². The molecule has 1 aliphatic heterocycles. The van der Waals surface area contributed by atoms with Gasteiger partial charge in [-0.3, -0.25) is 4.79 Å². The quantitative estimate of drug-likeness (QED) is 0.484. The normalized spacial score (nSPS) is 16.6. The van der Waals surface area contributed by atoms with Crippen LogP contribution in [0.2, 0.25) is 0 Å². The minimum Gasteiger partial charge on any atom is -0.465 e. The number of esters is 1. The van der Waals surface area contributed by atoms with Crippen LogP contribution in [0.15, 0.2) is 59.8 Å². The van der Waals surface area contributed by atoms with Gasteiger partial charge in [0.15, 0.2) is 0 Å². The van der Waals surface area contributed by atoms with E-state index in [1.165, 1.54) is 12.0 Å². The van der Waals surface area contributed by atoms with Gasteiger partial charge in [-0.15, -0.1) is 6.58 Å². The number of allylic oxidation sites excluding steroid dienone is 1. The largest absolute Gasteiger partial charge is 0.465 e. The molecule has 0 spiro atoms. The average Bonchev–Trinajstić information content (AvgIpc) is 2.73. The standard InChI is InChI=1S/C17H17NO3/c1-4-10-18-12(2)15(17(20)21-3)14(16(18)19)11-13-8-6-5-7-9-13/h4-9,11H,1,10H2,2-3H3/b14-11-. The SMILES string of the molecule is C=CCN1C(=O)/C(=C\c2ccccc2)C(C(=O)OC)=C1C. The van der Waals surface area contributed by atoms with Gasteiger partial charge in [0, 0.05) is 12.2 Å². The zero-order valence-electron chi connectivity index (χ0n) is 12.1. The van der Waals surface area contributed by atoms with Crippen LogP contribution in [0.1, 0.15) is 12.5 Å². The molecule has 0 aliphatic carbocycles. The lowest BCUT2D eigenvalue weighted by Crippen LogP contribution is -2.24. The van der Waals surface area contributed by atoms with Crippen LogP contribution >= 0.6 is 0 Å². The highest BCUT2D eigenvalue weighted by Crippen LogP contribution is 2.31. The fourth-order valence-corrected chi connectivity index (χ4v) is 2.29. The summed E-state index contributed by atoms with van der Waals surface area (Å²) in [6.07, 6.45) is 3.34. The Hall–Kier alpha value is -2.62. The predicted molar refractivity (Wildman–Crippen MR) is 81.0 cm³/mol. The molecule has 0 saturated carbocycles. The van der Waals surface area contributed by atoms with Crippen molar-refractivity contribution >= 4 is 18.0 Å². The van der Waals surface area contributed by atoms with E-state index >= 15 is 0 Å². The van der Waals surface area contributed by atoms with E-state index in [4.69, 9.17) is 4.74 Å². The van der Waals surface area contributed by atoms with Crippen LogP contribution in [0.5, 0.6) is 0 Å². The number of hydrogen-bond acceptors (Lipinski definition) is 3. The maximum absolute atomic E-state index is 12.5. The molecule has 0 saturated heterocycles. The van der Waals surface area contributed by atoms with Crippen molar-refractivity contribution in [1.29, 1.82) is 0 Å². The van der Waals surface area contributed by atoms with E-state index in [-0.39, 0.29) is 5.91 Å². The molecular formula is C17H17NO3. The van der Waals surface area contributed by atoms with Gasteiger partial charge in [0.25, 0.3) is 5.91 Å². The first-order valence-corrected chi connectivity index (χ1v) is 6.59. The second-order valence-electron chi connectivity index (χ2n) is 4.63. The van der Waals surface area contributed by atoms with Crippen molar-refractivity contribution in [2.75, 3.05) is 13.7 Å². The highest BCUT2D eigenvalue weighted by Gasteiger charge is 2.36. The van der Waals surface area contributed by atoms with Crippen LogP contribution in [-0.4, -0.2) is 30.4 Å². The first-order chi connectivity index (χ1) is 10.1. The maximum Gasteiger partial charge on any atom is 0.340 e. The monoisotopic (exact) mass is 283 g/mol. The van der Waals surface area contributed by atoms with E-state index < -0.39 is 5.97 Å². The number of rotatable bonds is 4. The van der Waals surface area contributed by atoms with Gasteiger partial charge in [0.2, 0.25) is 0 Å². The molecule has 1 amide bonds. The summed E-state index contributed by atoms with van der Waals surface area (Å²) in [7, 11) is 1.31. The number of ether oxygens (including phenoxy) is 1. The van der Waals surface area contributed by atoms with E-state index in [1.807, 2.05) is 30.3 Å². The molecule has 2 rings (SSSR count). The molecule has 1 heterocycles. The molecule has 0 unspecified atom stereocenters. The maximum atomic E-state index is 12.5. The lowest BCUT2D eigenvalue weighted by Gasteiger charge is -2.14. The number of nitrogens with zero attached hydrogens (tertiary/aromatic N) is 1. The third-order valence-electron chi connectivity index (χ3n) is 3.32. The molecule has 1 aliphatic rings. The molecular weight excluding hydrogens is 266 g/mol. The summed E-state index contributed by atoms with van der Waals surface area (Å²) in [5.41, 5.74) is 2.12. The van der Waals surface area contributed by atoms with E-state index in [0.717, 1.165) is 5.56 Å². The molecule has 4 nitrogen and oxygen atoms in total. The molecule has 108 valence electrons. The van der Waals surface area contributed by atoms with Crippen molar-refractivity contribution in [3.8, 4) is 0 Å². The van der Waals surface area contributed by atoms with Crippen molar-refractivity contribution in [3.05, 3.63) is 65.4 Å². The van der Waals surface area contributed by atoms with Gasteiger partial charge >= 0.3 is 5.97 Å². The van der Waals surface area contributed by atoms with Crippen LogP contribution in [0.3, 0.4) is 0 Å². The zero-order chi connectivity index (χ0) is 15.4. The Morgan fingerprint density at radius 1 is 1.33 bits per heavy atom. The summed E-state index contributed by atoms with van der Waals surface area (Å²) in [6.45, 7) is 5.73. The van der Waals surface area contributed by atoms with E-state index in [1.54, 1.807) is 19.1 Å². The fraction of sp³-hybridized carbons (Fsp3) is 0.176. The van der Waals surface area contributed by atoms with Gasteiger partial charge in [-0.2, -0.15) is 0 Å². The van der Waals surface area contributed by atoms with E-state index in [9.17, 15) is 9.59 Å². The fourth-order valence-electron chi connectivity index (χ4n) is 2.29. The predicted octanol–water partition coefficient (Wildman–Crippen LogP) is 2.55. The first-order valence-electron chi connectivity index (χ1n) is 6.59. The Morgan fingerprint density at radius 2 is 2.00 bits per heavy atom. The highest BCUT2D eigenvalue weighted by molar-refractivity contribution is 6.16. The summed E-state index contributed by atoms with van der Waals surface area (Å²) < 4.78 is 4.80. The van der Waals surface area contributed by atoms with Crippen molar-refractivity contribution in [2.24, 2.45) is 0 Å². The topological polar surface area (TPSA) is 46.6 Å². The Bertz CT molecular complexity index is 641. The molecule has 21 heavy (non-hydrogen) atoms. The molecule has 4 heteroatoms. The Labute approximate surface area is 124 Å². The number of benzene rings is 1. The van der Waals surface area contributed by atoms with E-state index in [0.29, 0.717) is 23.4 Å². The molecule has 0 aromatic heterocycles. The smallest absolute Gasteiger partial charge is 0.340 e. The third-order valence-corrected chi connectivity index (χ3v) is 3.32. The van der Waals surface area contributed by atoms with E-state index in [2.05, 4.69) is 6.58 Å². The van der Waals surface area contributed by atoms with Crippen LogP contribution in [0.25, 0.3) is 6.08 Å². The van der Waals surface area contributed by atoms with Crippen molar-refractivity contribution in [1.82, 2.24) is 4.90 Å². The molecule has 0 bridgehead atoms. The minimum atomic E-state index is -0.505. The van der Waals surface area contributed by atoms with Crippen LogP contribution in [-0.2, 0) is 14.3 Å². The number of hydrogen-bond donors (Lipinski definition) is 0. The summed E-state index contributed by atoms with van der Waals surface area (Å²) >= 11 is 0. The van der Waals surface area contributed by atoms with Crippen molar-refractivity contribution in [2.45, 2.75) is 6.92 Å². The van der Waals surface area contributed by atoms with Crippen LogP contribution in [0.4, 0.5) is 0 Å². The second kappa shape index (κ2) is 6.22. The average molecular weight is 283 g/mol. The van der Waals surface area contributed by atoms with Gasteiger partial charge in [-0.1, -0.05) is 36.4 Å². The second-order valence-corrected chi connectivity index (χ2v) is 4.63. The number of amides is 1. The summed E-state index contributed by atoms with van der Waals surface area (Å²) in [5, 5.41) is 0. The van der Waals surface area contributed by atoms with Gasteiger partial charge in [-0.25, -0.2) is 4.79 Å². The Morgan fingerprint density at radius 3 is 2.57 bits per heavy atom. The van der Waals surface area contributed by atoms with Crippen molar-refractivity contribution in [3.63, 3.8) is 0 Å². The van der Waals surface area contributed by atoms with Gasteiger partial charge < -0.3 is 9.64 Å². The van der Waals surface area contributed by atoms with Gasteiger partial charge in [-0.05, 0) is 18.6 Å². The summed E-state index contributed by atoms with van der Waals surface area (Å²) in [5.74, 6) is -0.716. The zero-order valence-corrected chi connectivity index (χ0v) is 12.1. The lowest BCUT2D eigenvalue weighted by molar-refractivity contribution is -0.136. The van der Waals surface area contributed by atoms with Crippen molar-refractivity contribution < 1.29 is 14.3 Å². The Balaban J connectivity index is 2.52. The van der Waals surface area contributed by atoms with Crippen LogP contribution < -0.4 is 0 Å². The number of carbonyl (C=O) groups excluding carboxylic acids is 2. The molecule has 1 aromatic carbocycles. The molecule has 0 N–H and O–H groups in total. The highest BCUT2D eigenvalue weighted by atomic mass is 16.5. The summed E-state index contributed by atoms with van der Waals surface area (Å²) in [6, 6.07) is 9.40.